The molecule has 0 aromatic rings. The van der Waals surface area contributed by atoms with Crippen molar-refractivity contribution in [2.45, 2.75) is 50.2 Å². The number of carbonyl (C=O) groups excluding carboxylic acids is 5. The second-order valence-electron chi connectivity index (χ2n) is 6.39. The topological polar surface area (TPSA) is 274 Å². The van der Waals surface area contributed by atoms with Crippen molar-refractivity contribution in [2.75, 3.05) is 6.54 Å². The van der Waals surface area contributed by atoms with Gasteiger partial charge in [0.05, 0.1) is 13.0 Å². The summed E-state index contributed by atoms with van der Waals surface area (Å²) >= 11 is 0. The number of carboxylic acids is 2. The van der Waals surface area contributed by atoms with Crippen molar-refractivity contribution in [3.63, 3.8) is 0 Å². The monoisotopic (exact) mass is 446 g/mol. The normalized spacial score (nSPS) is 13.2. The smallest absolute Gasteiger partial charge is 0.326 e. The molecule has 0 heterocycles. The van der Waals surface area contributed by atoms with E-state index in [0.29, 0.717) is 0 Å². The van der Waals surface area contributed by atoms with E-state index < -0.39 is 85.4 Å². The Balaban J connectivity index is 5.48. The molecule has 0 aromatic carbocycles. The van der Waals surface area contributed by atoms with E-state index >= 15 is 0 Å². The van der Waals surface area contributed by atoms with Gasteiger partial charge in [-0.1, -0.05) is 0 Å². The number of nitrogens with two attached hydrogens (primary N) is 3. The fourth-order valence-corrected chi connectivity index (χ4v) is 2.29. The molecule has 3 atom stereocenters. The zero-order valence-electron chi connectivity index (χ0n) is 16.5. The Morgan fingerprint density at radius 3 is 1.61 bits per heavy atom. The highest BCUT2D eigenvalue weighted by Crippen LogP contribution is 2.04. The number of hydrogen-bond acceptors (Lipinski definition) is 8. The van der Waals surface area contributed by atoms with Crippen molar-refractivity contribution < 1.29 is 43.8 Å². The van der Waals surface area contributed by atoms with E-state index in [1.807, 2.05) is 5.32 Å². The fourth-order valence-electron chi connectivity index (χ4n) is 2.29. The number of primary amides is 2. The van der Waals surface area contributed by atoms with Crippen LogP contribution in [-0.4, -0.2) is 76.4 Å². The lowest BCUT2D eigenvalue weighted by molar-refractivity contribution is -0.144. The van der Waals surface area contributed by atoms with E-state index in [1.54, 1.807) is 0 Å². The largest absolute Gasteiger partial charge is 0.481 e. The van der Waals surface area contributed by atoms with Crippen LogP contribution in [0.15, 0.2) is 0 Å². The maximum atomic E-state index is 12.5. The molecule has 15 heteroatoms. The van der Waals surface area contributed by atoms with Crippen molar-refractivity contribution in [2.24, 2.45) is 17.2 Å². The molecule has 0 radical (unpaired) electrons. The van der Waals surface area contributed by atoms with Gasteiger partial charge in [0.2, 0.25) is 29.5 Å². The van der Waals surface area contributed by atoms with Crippen molar-refractivity contribution in [3.05, 3.63) is 0 Å². The van der Waals surface area contributed by atoms with E-state index in [1.165, 1.54) is 0 Å². The van der Waals surface area contributed by atoms with Gasteiger partial charge >= 0.3 is 11.9 Å². The Morgan fingerprint density at radius 2 is 1.19 bits per heavy atom. The Hall–Kier alpha value is -3.75. The SMILES string of the molecule is NCC(=O)NC(CCC(N)=O)C(=O)NC(CCC(=O)O)C(=O)NC(CC(N)=O)C(=O)O. The zero-order chi connectivity index (χ0) is 24.1. The average molecular weight is 446 g/mol. The number of carboxylic acid groups (broad SMARTS) is 2. The molecule has 31 heavy (non-hydrogen) atoms. The van der Waals surface area contributed by atoms with Gasteiger partial charge < -0.3 is 43.4 Å². The highest BCUT2D eigenvalue weighted by Gasteiger charge is 2.30. The highest BCUT2D eigenvalue weighted by atomic mass is 16.4. The summed E-state index contributed by atoms with van der Waals surface area (Å²) in [6.07, 6.45) is -2.29. The lowest BCUT2D eigenvalue weighted by Crippen LogP contribution is -2.56. The van der Waals surface area contributed by atoms with Crippen LogP contribution in [-0.2, 0) is 33.6 Å². The minimum absolute atomic E-state index is 0.237. The standard InChI is InChI=1S/C16H26N6O9/c17-6-12(25)20-7(1-3-10(18)23)14(28)21-8(2-4-13(26)27)15(29)22-9(16(30)31)5-11(19)24/h7-9H,1-6,17H2,(H2,18,23)(H2,19,24)(H,20,25)(H,21,28)(H,22,29)(H,26,27)(H,30,31). The molecule has 11 N–H and O–H groups in total. The first kappa shape index (κ1) is 27.2. The number of aliphatic carboxylic acids is 2. The van der Waals surface area contributed by atoms with Crippen LogP contribution in [0, 0.1) is 0 Å². The summed E-state index contributed by atoms with van der Waals surface area (Å²) in [4.78, 5) is 80.5. The third-order valence-electron chi connectivity index (χ3n) is 3.82. The summed E-state index contributed by atoms with van der Waals surface area (Å²) in [5.74, 6) is -7.47. The fraction of sp³-hybridized carbons (Fsp3) is 0.562. The maximum Gasteiger partial charge on any atom is 0.326 e. The molecule has 0 aliphatic carbocycles. The Morgan fingerprint density at radius 1 is 0.710 bits per heavy atom. The summed E-state index contributed by atoms with van der Waals surface area (Å²) in [6, 6.07) is -4.58. The summed E-state index contributed by atoms with van der Waals surface area (Å²) in [5, 5.41) is 24.3. The van der Waals surface area contributed by atoms with E-state index in [2.05, 4.69) is 10.6 Å². The number of rotatable bonds is 15. The molecule has 3 unspecified atom stereocenters. The van der Waals surface area contributed by atoms with Crippen molar-refractivity contribution in [3.8, 4) is 0 Å². The molecule has 174 valence electrons. The van der Waals surface area contributed by atoms with E-state index in [-0.39, 0.29) is 12.8 Å². The molecule has 0 aliphatic rings. The van der Waals surface area contributed by atoms with Crippen molar-refractivity contribution >= 4 is 41.5 Å². The number of amides is 5. The van der Waals surface area contributed by atoms with Gasteiger partial charge in [-0.2, -0.15) is 0 Å². The van der Waals surface area contributed by atoms with E-state index in [4.69, 9.17) is 27.4 Å². The third kappa shape index (κ3) is 11.7. The number of nitrogens with one attached hydrogen (secondary N) is 3. The lowest BCUT2D eigenvalue weighted by Gasteiger charge is -2.24. The van der Waals surface area contributed by atoms with Crippen LogP contribution in [0.1, 0.15) is 32.1 Å². The van der Waals surface area contributed by atoms with Gasteiger partial charge in [0.15, 0.2) is 0 Å². The molecule has 0 rings (SSSR count). The van der Waals surface area contributed by atoms with Crippen molar-refractivity contribution in [1.29, 1.82) is 0 Å². The van der Waals surface area contributed by atoms with Gasteiger partial charge in [0.1, 0.15) is 18.1 Å². The minimum atomic E-state index is -1.71. The summed E-state index contributed by atoms with van der Waals surface area (Å²) in [5.41, 5.74) is 15.1. The molecule has 5 amide bonds. The van der Waals surface area contributed by atoms with Crippen LogP contribution in [0.4, 0.5) is 0 Å². The number of hydrogen-bond donors (Lipinski definition) is 8. The summed E-state index contributed by atoms with van der Waals surface area (Å²) in [6.45, 7) is -0.476. The van der Waals surface area contributed by atoms with Crippen LogP contribution in [0.3, 0.4) is 0 Å². The second-order valence-corrected chi connectivity index (χ2v) is 6.39. The molecule has 0 saturated heterocycles. The van der Waals surface area contributed by atoms with E-state index in [0.717, 1.165) is 0 Å². The van der Waals surface area contributed by atoms with E-state index in [9.17, 15) is 33.6 Å². The Kier molecular flexibility index (Phi) is 11.8. The third-order valence-corrected chi connectivity index (χ3v) is 3.82. The van der Waals surface area contributed by atoms with Gasteiger partial charge in [0.25, 0.3) is 0 Å². The van der Waals surface area contributed by atoms with Gasteiger partial charge in [-0.25, -0.2) is 4.79 Å². The van der Waals surface area contributed by atoms with Gasteiger partial charge in [-0.05, 0) is 12.8 Å². The summed E-state index contributed by atoms with van der Waals surface area (Å²) in [7, 11) is 0. The predicted octanol–water partition coefficient (Wildman–Crippen LogP) is -4.51. The van der Waals surface area contributed by atoms with Gasteiger partial charge in [-0.3, -0.25) is 28.8 Å². The van der Waals surface area contributed by atoms with Crippen LogP contribution in [0.5, 0.6) is 0 Å². The lowest BCUT2D eigenvalue weighted by atomic mass is 10.1. The van der Waals surface area contributed by atoms with Gasteiger partial charge in [-0.15, -0.1) is 0 Å². The Labute approximate surface area is 176 Å². The summed E-state index contributed by atoms with van der Waals surface area (Å²) < 4.78 is 0. The molecule has 0 aliphatic heterocycles. The maximum absolute atomic E-state index is 12.5. The first-order chi connectivity index (χ1) is 14.4. The molecule has 0 saturated carbocycles. The first-order valence-electron chi connectivity index (χ1n) is 8.98. The molecular formula is C16H26N6O9. The van der Waals surface area contributed by atoms with Crippen LogP contribution in [0.25, 0.3) is 0 Å². The molecule has 0 fully saturated rings. The highest BCUT2D eigenvalue weighted by molar-refractivity contribution is 5.94. The quantitative estimate of drug-likeness (QED) is 0.119. The number of carbonyl (C=O) groups is 7. The molecule has 0 bridgehead atoms. The minimum Gasteiger partial charge on any atom is -0.481 e. The predicted molar refractivity (Wildman–Crippen MR) is 102 cm³/mol. The Bertz CT molecular complexity index is 726. The average Bonchev–Trinajstić information content (AvgIpc) is 2.66. The molecule has 0 spiro atoms. The second kappa shape index (κ2) is 13.5. The van der Waals surface area contributed by atoms with Crippen LogP contribution >= 0.6 is 0 Å². The molecule has 15 nitrogen and oxygen atoms in total. The van der Waals surface area contributed by atoms with Crippen LogP contribution < -0.4 is 33.2 Å². The first-order valence-corrected chi connectivity index (χ1v) is 8.98. The van der Waals surface area contributed by atoms with Crippen molar-refractivity contribution in [1.82, 2.24) is 16.0 Å². The zero-order valence-corrected chi connectivity index (χ0v) is 16.5. The molecular weight excluding hydrogens is 420 g/mol. The molecule has 0 aromatic heterocycles. The van der Waals surface area contributed by atoms with Gasteiger partial charge in [0, 0.05) is 12.8 Å². The van der Waals surface area contributed by atoms with Crippen LogP contribution in [0.2, 0.25) is 0 Å².